The fraction of sp³-hybridized carbons (Fsp3) is 0.200. The maximum atomic E-state index is 6.14. The van der Waals surface area contributed by atoms with Crippen molar-refractivity contribution < 1.29 is 0 Å². The van der Waals surface area contributed by atoms with Gasteiger partial charge in [0.05, 0.1) is 4.87 Å². The van der Waals surface area contributed by atoms with Gasteiger partial charge in [0, 0.05) is 0 Å². The minimum Gasteiger partial charge on any atom is -0.110 e. The van der Waals surface area contributed by atoms with E-state index in [0.29, 0.717) is 0 Å². The number of rotatable bonds is 2. The Hall–Kier alpha value is -0.750. The topological polar surface area (TPSA) is 0 Å². The molecule has 0 heterocycles. The van der Waals surface area contributed by atoms with E-state index in [-0.39, 0.29) is 0 Å². The maximum absolute atomic E-state index is 6.14. The summed E-state index contributed by atoms with van der Waals surface area (Å²) in [6.07, 6.45) is 10.3. The van der Waals surface area contributed by atoms with Crippen LogP contribution in [0.4, 0.5) is 0 Å². The molecule has 1 atom stereocenters. The van der Waals surface area contributed by atoms with Gasteiger partial charge in [0.2, 0.25) is 0 Å². The summed E-state index contributed by atoms with van der Waals surface area (Å²) in [6, 6.07) is 0. The third-order valence-electron chi connectivity index (χ3n) is 1.76. The van der Waals surface area contributed by atoms with Crippen molar-refractivity contribution in [2.45, 2.75) is 11.3 Å². The zero-order valence-corrected chi connectivity index (χ0v) is 7.14. The lowest BCUT2D eigenvalue weighted by atomic mass is 9.94. The van der Waals surface area contributed by atoms with Crippen LogP contribution < -0.4 is 0 Å². The Kier molecular flexibility index (Phi) is 2.35. The zero-order valence-electron chi connectivity index (χ0n) is 6.39. The highest BCUT2D eigenvalue weighted by atomic mass is 35.5. The van der Waals surface area contributed by atoms with E-state index in [1.54, 1.807) is 6.08 Å². The average molecular weight is 167 g/mol. The molecule has 0 nitrogen and oxygen atoms in total. The van der Waals surface area contributed by atoms with Crippen LogP contribution in [0.15, 0.2) is 49.1 Å². The van der Waals surface area contributed by atoms with Crippen molar-refractivity contribution in [3.05, 3.63) is 49.1 Å². The summed E-state index contributed by atoms with van der Waals surface area (Å²) in [7, 11) is 0. The first-order chi connectivity index (χ1) is 5.20. The Morgan fingerprint density at radius 3 is 2.82 bits per heavy atom. The van der Waals surface area contributed by atoms with Gasteiger partial charge in [-0.1, -0.05) is 37.0 Å². The minimum absolute atomic E-state index is 0.391. The van der Waals surface area contributed by atoms with Gasteiger partial charge < -0.3 is 0 Å². The Balaban J connectivity index is 2.84. The summed E-state index contributed by atoms with van der Waals surface area (Å²) in [4.78, 5) is -0.391. The molecular formula is C10H11Cl. The van der Waals surface area contributed by atoms with Crippen LogP contribution in [0.5, 0.6) is 0 Å². The molecule has 0 fully saturated rings. The standard InChI is InChI=1S/C10H11Cl/c1-3-9-6-5-7-10(11,4-2)8-9/h3-7H,1-2,8H2. The average Bonchev–Trinajstić information content (AvgIpc) is 2.05. The molecule has 0 saturated carbocycles. The van der Waals surface area contributed by atoms with Crippen molar-refractivity contribution in [1.82, 2.24) is 0 Å². The molecule has 0 aromatic carbocycles. The van der Waals surface area contributed by atoms with E-state index >= 15 is 0 Å². The van der Waals surface area contributed by atoms with Crippen LogP contribution >= 0.6 is 11.6 Å². The largest absolute Gasteiger partial charge is 0.110 e. The van der Waals surface area contributed by atoms with E-state index in [1.165, 1.54) is 0 Å². The molecule has 0 N–H and O–H groups in total. The molecular weight excluding hydrogens is 156 g/mol. The van der Waals surface area contributed by atoms with E-state index < -0.39 is 4.87 Å². The van der Waals surface area contributed by atoms with Gasteiger partial charge in [-0.15, -0.1) is 18.2 Å². The van der Waals surface area contributed by atoms with Gasteiger partial charge >= 0.3 is 0 Å². The van der Waals surface area contributed by atoms with Gasteiger partial charge in [0.1, 0.15) is 0 Å². The predicted molar refractivity (Wildman–Crippen MR) is 50.8 cm³/mol. The van der Waals surface area contributed by atoms with Gasteiger partial charge in [-0.2, -0.15) is 0 Å². The normalized spacial score (nSPS) is 29.4. The van der Waals surface area contributed by atoms with E-state index in [4.69, 9.17) is 11.6 Å². The summed E-state index contributed by atoms with van der Waals surface area (Å²) < 4.78 is 0. The van der Waals surface area contributed by atoms with Crippen LogP contribution in [0.25, 0.3) is 0 Å². The quantitative estimate of drug-likeness (QED) is 0.437. The SMILES string of the molecule is C=CC1=CC=CC(Cl)(C=C)C1. The third kappa shape index (κ3) is 1.84. The van der Waals surface area contributed by atoms with Gasteiger partial charge in [-0.05, 0) is 12.0 Å². The summed E-state index contributed by atoms with van der Waals surface area (Å²) in [5, 5.41) is 0. The van der Waals surface area contributed by atoms with Crippen molar-refractivity contribution in [3.63, 3.8) is 0 Å². The van der Waals surface area contributed by atoms with Crippen LogP contribution in [0.1, 0.15) is 6.42 Å². The third-order valence-corrected chi connectivity index (χ3v) is 2.17. The lowest BCUT2D eigenvalue weighted by Gasteiger charge is -2.21. The van der Waals surface area contributed by atoms with E-state index in [1.807, 2.05) is 24.3 Å². The van der Waals surface area contributed by atoms with Crippen molar-refractivity contribution in [3.8, 4) is 0 Å². The smallest absolute Gasteiger partial charge is 0.0846 e. The molecule has 0 radical (unpaired) electrons. The van der Waals surface area contributed by atoms with Crippen LogP contribution in [0.2, 0.25) is 0 Å². The molecule has 0 aliphatic heterocycles. The van der Waals surface area contributed by atoms with E-state index in [0.717, 1.165) is 12.0 Å². The Labute approximate surface area is 72.6 Å². The molecule has 0 saturated heterocycles. The van der Waals surface area contributed by atoms with E-state index in [9.17, 15) is 0 Å². The van der Waals surface area contributed by atoms with Crippen LogP contribution in [0, 0.1) is 0 Å². The summed E-state index contributed by atoms with van der Waals surface area (Å²) >= 11 is 6.14. The molecule has 0 aromatic rings. The van der Waals surface area contributed by atoms with Crippen LogP contribution in [-0.2, 0) is 0 Å². The zero-order chi connectivity index (χ0) is 8.32. The minimum atomic E-state index is -0.391. The molecule has 11 heavy (non-hydrogen) atoms. The highest BCUT2D eigenvalue weighted by molar-refractivity contribution is 6.26. The van der Waals surface area contributed by atoms with Gasteiger partial charge in [-0.3, -0.25) is 0 Å². The first-order valence-electron chi connectivity index (χ1n) is 3.53. The number of allylic oxidation sites excluding steroid dienone is 6. The fourth-order valence-corrected chi connectivity index (χ4v) is 1.27. The summed E-state index contributed by atoms with van der Waals surface area (Å²) in [5.74, 6) is 0. The number of hydrogen-bond donors (Lipinski definition) is 0. The van der Waals surface area contributed by atoms with Crippen molar-refractivity contribution in [2.24, 2.45) is 0 Å². The van der Waals surface area contributed by atoms with Crippen LogP contribution in [0.3, 0.4) is 0 Å². The van der Waals surface area contributed by atoms with Crippen molar-refractivity contribution in [1.29, 1.82) is 0 Å². The summed E-state index contributed by atoms with van der Waals surface area (Å²) in [5.41, 5.74) is 1.16. The van der Waals surface area contributed by atoms with Crippen molar-refractivity contribution >= 4 is 11.6 Å². The first kappa shape index (κ1) is 8.35. The molecule has 1 heteroatoms. The van der Waals surface area contributed by atoms with Gasteiger partial charge in [-0.25, -0.2) is 0 Å². The monoisotopic (exact) mass is 166 g/mol. The number of alkyl halides is 1. The Morgan fingerprint density at radius 1 is 1.55 bits per heavy atom. The molecule has 1 rings (SSSR count). The van der Waals surface area contributed by atoms with Crippen LogP contribution in [-0.4, -0.2) is 4.87 Å². The summed E-state index contributed by atoms with van der Waals surface area (Å²) in [6.45, 7) is 7.37. The predicted octanol–water partition coefficient (Wildman–Crippen LogP) is 3.22. The highest BCUT2D eigenvalue weighted by Gasteiger charge is 2.21. The molecule has 1 aliphatic carbocycles. The fourth-order valence-electron chi connectivity index (χ4n) is 1.04. The lowest BCUT2D eigenvalue weighted by molar-refractivity contribution is 0.842. The number of halogens is 1. The maximum Gasteiger partial charge on any atom is 0.0846 e. The van der Waals surface area contributed by atoms with Crippen molar-refractivity contribution in [2.75, 3.05) is 0 Å². The van der Waals surface area contributed by atoms with Gasteiger partial charge in [0.25, 0.3) is 0 Å². The molecule has 58 valence electrons. The second-order valence-electron chi connectivity index (χ2n) is 2.61. The van der Waals surface area contributed by atoms with E-state index in [2.05, 4.69) is 13.2 Å². The molecule has 0 spiro atoms. The Bertz CT molecular complexity index is 235. The first-order valence-corrected chi connectivity index (χ1v) is 3.91. The second-order valence-corrected chi connectivity index (χ2v) is 3.32. The van der Waals surface area contributed by atoms with Gasteiger partial charge in [0.15, 0.2) is 0 Å². The number of hydrogen-bond acceptors (Lipinski definition) is 0. The molecule has 0 bridgehead atoms. The highest BCUT2D eigenvalue weighted by Crippen LogP contribution is 2.30. The molecule has 1 unspecified atom stereocenters. The lowest BCUT2D eigenvalue weighted by Crippen LogP contribution is -2.16. The molecule has 1 aliphatic rings. The second kappa shape index (κ2) is 3.10. The molecule has 0 amide bonds. The molecule has 0 aromatic heterocycles. The Morgan fingerprint density at radius 2 is 2.27 bits per heavy atom.